The van der Waals surface area contributed by atoms with E-state index < -0.39 is 12.0 Å². The van der Waals surface area contributed by atoms with Gasteiger partial charge < -0.3 is 4.74 Å². The highest BCUT2D eigenvalue weighted by Gasteiger charge is 2.15. The largest absolute Gasteiger partial charge is 0.452 e. The summed E-state index contributed by atoms with van der Waals surface area (Å²) in [5.74, 6) is -0.612. The van der Waals surface area contributed by atoms with Gasteiger partial charge in [-0.05, 0) is 11.6 Å². The molecule has 6 heteroatoms. The number of ketones is 1. The zero-order valence-electron chi connectivity index (χ0n) is 12.5. The number of nitrogens with one attached hydrogen (secondary N) is 2. The zero-order chi connectivity index (χ0) is 16.7. The normalized spacial score (nSPS) is 9.78. The van der Waals surface area contributed by atoms with Crippen LogP contribution in [0, 0.1) is 0 Å². The van der Waals surface area contributed by atoms with Gasteiger partial charge in [-0.25, -0.2) is 10.2 Å². The number of hydrogen-bond acceptors (Lipinski definition) is 4. The van der Waals surface area contributed by atoms with Crippen LogP contribution in [0.3, 0.4) is 0 Å². The van der Waals surface area contributed by atoms with Crippen molar-refractivity contribution in [2.24, 2.45) is 0 Å². The van der Waals surface area contributed by atoms with Crippen LogP contribution in [-0.2, 0) is 11.2 Å². The predicted octanol–water partition coefficient (Wildman–Crippen LogP) is 2.11. The van der Waals surface area contributed by atoms with Gasteiger partial charge >= 0.3 is 6.09 Å². The van der Waals surface area contributed by atoms with Crippen molar-refractivity contribution in [1.29, 1.82) is 0 Å². The maximum Gasteiger partial charge on any atom is 0.425 e. The van der Waals surface area contributed by atoms with E-state index in [2.05, 4.69) is 15.6 Å². The molecule has 0 saturated carbocycles. The van der Waals surface area contributed by atoms with Crippen molar-refractivity contribution in [3.8, 4) is 0 Å². The van der Waals surface area contributed by atoms with E-state index >= 15 is 0 Å². The highest BCUT2D eigenvalue weighted by molar-refractivity contribution is 6.01. The molecule has 0 aliphatic carbocycles. The maximum atomic E-state index is 12.3. The van der Waals surface area contributed by atoms with E-state index in [1.54, 1.807) is 48.5 Å². The highest BCUT2D eigenvalue weighted by Crippen LogP contribution is 2.13. The number of methoxy groups -OCH3 is 1. The van der Waals surface area contributed by atoms with Crippen LogP contribution in [0.15, 0.2) is 54.6 Å². The van der Waals surface area contributed by atoms with Crippen LogP contribution in [0.1, 0.15) is 26.3 Å². The number of carbonyl (C=O) groups excluding carboxylic acids is 3. The molecule has 23 heavy (non-hydrogen) atoms. The molecule has 0 aliphatic rings. The fourth-order valence-electron chi connectivity index (χ4n) is 2.02. The minimum Gasteiger partial charge on any atom is -0.452 e. The summed E-state index contributed by atoms with van der Waals surface area (Å²) in [5, 5.41) is 0. The van der Waals surface area contributed by atoms with Gasteiger partial charge in [0, 0.05) is 17.5 Å². The molecule has 6 nitrogen and oxygen atoms in total. The summed E-state index contributed by atoms with van der Waals surface area (Å²) in [4.78, 5) is 35.4. The Kier molecular flexibility index (Phi) is 5.46. The topological polar surface area (TPSA) is 84.5 Å². The molecule has 0 bridgehead atoms. The Balaban J connectivity index is 2.13. The second-order valence-corrected chi connectivity index (χ2v) is 4.69. The van der Waals surface area contributed by atoms with Crippen molar-refractivity contribution >= 4 is 17.8 Å². The van der Waals surface area contributed by atoms with Gasteiger partial charge in [0.25, 0.3) is 5.91 Å². The second-order valence-electron chi connectivity index (χ2n) is 4.69. The Bertz CT molecular complexity index is 714. The number of hydrazine groups is 1. The van der Waals surface area contributed by atoms with Gasteiger partial charge in [0.2, 0.25) is 0 Å². The van der Waals surface area contributed by atoms with Crippen molar-refractivity contribution in [2.45, 2.75) is 6.42 Å². The lowest BCUT2D eigenvalue weighted by Crippen LogP contribution is -2.41. The van der Waals surface area contributed by atoms with E-state index in [0.29, 0.717) is 16.7 Å². The van der Waals surface area contributed by atoms with Crippen molar-refractivity contribution in [2.75, 3.05) is 7.11 Å². The van der Waals surface area contributed by atoms with Crippen molar-refractivity contribution < 1.29 is 19.1 Å². The van der Waals surface area contributed by atoms with Gasteiger partial charge in [-0.3, -0.25) is 15.0 Å². The standard InChI is InChI=1S/C17H16N2O4/c1-23-17(22)19-18-16(21)14-10-6-5-9-13(14)11-15(20)12-7-3-2-4-8-12/h2-10H,11H2,1H3,(H,18,21)(H,19,22). The summed E-state index contributed by atoms with van der Waals surface area (Å²) in [6, 6.07) is 15.6. The molecule has 0 saturated heterocycles. The summed E-state index contributed by atoms with van der Waals surface area (Å²) in [6.45, 7) is 0. The highest BCUT2D eigenvalue weighted by atomic mass is 16.5. The molecule has 0 aliphatic heterocycles. The number of Topliss-reactive ketones (excluding diaryl/α,β-unsaturated/α-hetero) is 1. The fourth-order valence-corrected chi connectivity index (χ4v) is 2.02. The van der Waals surface area contributed by atoms with Gasteiger partial charge in [-0.2, -0.15) is 0 Å². The minimum absolute atomic E-state index is 0.0891. The smallest absolute Gasteiger partial charge is 0.425 e. The lowest BCUT2D eigenvalue weighted by Gasteiger charge is -2.10. The molecular weight excluding hydrogens is 296 g/mol. The average molecular weight is 312 g/mol. The average Bonchev–Trinajstić information content (AvgIpc) is 2.60. The van der Waals surface area contributed by atoms with Crippen molar-refractivity contribution in [3.05, 3.63) is 71.3 Å². The molecule has 0 spiro atoms. The van der Waals surface area contributed by atoms with Crippen LogP contribution in [0.2, 0.25) is 0 Å². The third kappa shape index (κ3) is 4.41. The summed E-state index contributed by atoms with van der Waals surface area (Å²) in [5.41, 5.74) is 5.79. The molecular formula is C17H16N2O4. The van der Waals surface area contributed by atoms with Crippen LogP contribution < -0.4 is 10.9 Å². The Morgan fingerprint density at radius 2 is 1.57 bits per heavy atom. The fraction of sp³-hybridized carbons (Fsp3) is 0.118. The molecule has 2 rings (SSSR count). The summed E-state index contributed by atoms with van der Waals surface area (Å²) < 4.78 is 4.37. The number of carbonyl (C=O) groups is 3. The molecule has 2 amide bonds. The third-order valence-corrected chi connectivity index (χ3v) is 3.17. The number of rotatable bonds is 4. The van der Waals surface area contributed by atoms with E-state index in [1.807, 2.05) is 6.07 Å². The van der Waals surface area contributed by atoms with E-state index in [4.69, 9.17) is 0 Å². The van der Waals surface area contributed by atoms with Gasteiger partial charge in [0.1, 0.15) is 0 Å². The van der Waals surface area contributed by atoms with Crippen LogP contribution >= 0.6 is 0 Å². The van der Waals surface area contributed by atoms with Gasteiger partial charge in [0.05, 0.1) is 7.11 Å². The van der Waals surface area contributed by atoms with E-state index in [0.717, 1.165) is 0 Å². The quantitative estimate of drug-likeness (QED) is 0.669. The van der Waals surface area contributed by atoms with Crippen LogP contribution in [-0.4, -0.2) is 24.9 Å². The molecule has 2 aromatic carbocycles. The van der Waals surface area contributed by atoms with Gasteiger partial charge in [0.15, 0.2) is 5.78 Å². The summed E-state index contributed by atoms with van der Waals surface area (Å²) in [7, 11) is 1.19. The van der Waals surface area contributed by atoms with Crippen LogP contribution in [0.4, 0.5) is 4.79 Å². The first-order chi connectivity index (χ1) is 11.1. The second kappa shape index (κ2) is 7.74. The van der Waals surface area contributed by atoms with E-state index in [1.165, 1.54) is 7.11 Å². The van der Waals surface area contributed by atoms with Crippen LogP contribution in [0.25, 0.3) is 0 Å². The lowest BCUT2D eigenvalue weighted by molar-refractivity contribution is 0.0919. The van der Waals surface area contributed by atoms with Crippen molar-refractivity contribution in [1.82, 2.24) is 10.9 Å². The Labute approximate surface area is 133 Å². The lowest BCUT2D eigenvalue weighted by atomic mass is 9.98. The van der Waals surface area contributed by atoms with Gasteiger partial charge in [-0.15, -0.1) is 0 Å². The molecule has 2 aromatic rings. The predicted molar refractivity (Wildman–Crippen MR) is 83.9 cm³/mol. The molecule has 2 N–H and O–H groups in total. The SMILES string of the molecule is COC(=O)NNC(=O)c1ccccc1CC(=O)c1ccccc1. The molecule has 0 fully saturated rings. The minimum atomic E-state index is -0.781. The van der Waals surface area contributed by atoms with Crippen molar-refractivity contribution in [3.63, 3.8) is 0 Å². The number of hydrogen-bond donors (Lipinski definition) is 2. The number of benzene rings is 2. The number of amides is 2. The zero-order valence-corrected chi connectivity index (χ0v) is 12.5. The molecule has 0 unspecified atom stereocenters. The van der Waals surface area contributed by atoms with E-state index in [9.17, 15) is 14.4 Å². The first-order valence-corrected chi connectivity index (χ1v) is 6.92. The van der Waals surface area contributed by atoms with Crippen LogP contribution in [0.5, 0.6) is 0 Å². The molecule has 0 heterocycles. The monoisotopic (exact) mass is 312 g/mol. The molecule has 118 valence electrons. The molecule has 0 atom stereocenters. The Morgan fingerprint density at radius 3 is 2.26 bits per heavy atom. The van der Waals surface area contributed by atoms with E-state index in [-0.39, 0.29) is 12.2 Å². The summed E-state index contributed by atoms with van der Waals surface area (Å²) >= 11 is 0. The third-order valence-electron chi connectivity index (χ3n) is 3.17. The summed E-state index contributed by atoms with van der Waals surface area (Å²) in [6.07, 6.45) is -0.692. The number of ether oxygens (including phenoxy) is 1. The maximum absolute atomic E-state index is 12.3. The Hall–Kier alpha value is -3.15. The first-order valence-electron chi connectivity index (χ1n) is 6.92. The Morgan fingerprint density at radius 1 is 0.913 bits per heavy atom. The van der Waals surface area contributed by atoms with Gasteiger partial charge in [-0.1, -0.05) is 48.5 Å². The first kappa shape index (κ1) is 16.2. The molecule has 0 aromatic heterocycles. The molecule has 0 radical (unpaired) electrons.